The number of phenols is 1. The minimum Gasteiger partial charge on any atom is -0.508 e. The van der Waals surface area contributed by atoms with E-state index in [-0.39, 0.29) is 12.7 Å². The lowest BCUT2D eigenvalue weighted by molar-refractivity contribution is 0.310. The summed E-state index contributed by atoms with van der Waals surface area (Å²) < 4.78 is 23.6. The van der Waals surface area contributed by atoms with Crippen molar-refractivity contribution in [1.29, 1.82) is 0 Å². The Morgan fingerprint density at radius 2 is 1.78 bits per heavy atom. The Hall–Kier alpha value is -3.25. The molecule has 37 heavy (non-hydrogen) atoms. The zero-order valence-corrected chi connectivity index (χ0v) is 22.2. The summed E-state index contributed by atoms with van der Waals surface area (Å²) in [5.74, 6) is 2.42. The minimum absolute atomic E-state index is 0.288. The molecule has 0 saturated carbocycles. The number of rotatable bonds is 12. The molecule has 1 aliphatic rings. The van der Waals surface area contributed by atoms with Crippen LogP contribution in [0.4, 0.5) is 10.1 Å². The van der Waals surface area contributed by atoms with Crippen LogP contribution in [-0.4, -0.2) is 44.6 Å². The average molecular weight is 507 g/mol. The van der Waals surface area contributed by atoms with Crippen molar-refractivity contribution in [2.24, 2.45) is 0 Å². The summed E-state index contributed by atoms with van der Waals surface area (Å²) >= 11 is 0. The molecule has 0 amide bonds. The number of hydrogen-bond donors (Lipinski definition) is 2. The first kappa shape index (κ1) is 26.8. The first-order chi connectivity index (χ1) is 18.0. The van der Waals surface area contributed by atoms with Crippen LogP contribution in [-0.2, 0) is 19.4 Å². The summed E-state index contributed by atoms with van der Waals surface area (Å²) in [5.41, 5.74) is 6.33. The van der Waals surface area contributed by atoms with Gasteiger partial charge in [0.1, 0.15) is 30.5 Å². The van der Waals surface area contributed by atoms with Gasteiger partial charge in [0, 0.05) is 37.4 Å². The number of anilines is 1. The quantitative estimate of drug-likeness (QED) is 0.294. The number of alkyl halides is 1. The number of aromatic hydroxyl groups is 1. The molecular weight excluding hydrogens is 467 g/mol. The van der Waals surface area contributed by atoms with Crippen LogP contribution in [0.1, 0.15) is 48.4 Å². The molecule has 3 aromatic carbocycles. The Balaban J connectivity index is 1.53. The van der Waals surface area contributed by atoms with Crippen molar-refractivity contribution < 1.29 is 19.0 Å². The van der Waals surface area contributed by atoms with Gasteiger partial charge in [-0.1, -0.05) is 24.3 Å². The molecule has 1 aliphatic carbocycles. The first-order valence-electron chi connectivity index (χ1n) is 13.2. The Morgan fingerprint density at radius 1 is 1.00 bits per heavy atom. The number of ether oxygens (including phenoxy) is 2. The fourth-order valence-electron chi connectivity index (χ4n) is 5.12. The summed E-state index contributed by atoms with van der Waals surface area (Å²) in [7, 11) is 1.72. The van der Waals surface area contributed by atoms with Gasteiger partial charge in [0.15, 0.2) is 0 Å². The van der Waals surface area contributed by atoms with E-state index in [1.165, 1.54) is 27.9 Å². The lowest BCUT2D eigenvalue weighted by atomic mass is 9.79. The van der Waals surface area contributed by atoms with Gasteiger partial charge in [0.2, 0.25) is 0 Å². The molecule has 0 saturated heterocycles. The highest BCUT2D eigenvalue weighted by Crippen LogP contribution is 2.40. The van der Waals surface area contributed by atoms with Crippen molar-refractivity contribution in [1.82, 2.24) is 5.32 Å². The maximum atomic E-state index is 12.2. The number of phenolic OH excluding ortho intramolecular Hbond substituents is 1. The number of methoxy groups -OCH3 is 1. The minimum atomic E-state index is -0.366. The maximum absolute atomic E-state index is 12.2. The van der Waals surface area contributed by atoms with Crippen molar-refractivity contribution in [2.45, 2.75) is 51.6 Å². The standard InChI is InChI=1S/C31H39FN2O3/c1-22(2)34(21-23-4-10-28(11-5-23)37-17-16-33-15-14-32)31-20-29(36-3)12-13-30(31)26-7-6-25-19-27(35)9-8-24(25)18-26/h4-5,8-13,19-20,22,26,33,35H,6-7,14-18,21H2,1-3H3. The molecule has 198 valence electrons. The van der Waals surface area contributed by atoms with Crippen molar-refractivity contribution in [3.63, 3.8) is 0 Å². The van der Waals surface area contributed by atoms with E-state index in [9.17, 15) is 9.50 Å². The molecule has 0 aromatic heterocycles. The molecule has 4 rings (SSSR count). The smallest absolute Gasteiger partial charge is 0.120 e. The number of nitrogens with one attached hydrogen (secondary N) is 1. The van der Waals surface area contributed by atoms with Gasteiger partial charge < -0.3 is 24.8 Å². The van der Waals surface area contributed by atoms with E-state index >= 15 is 0 Å². The predicted octanol–water partition coefficient (Wildman–Crippen LogP) is 6.03. The second-order valence-electron chi connectivity index (χ2n) is 9.97. The van der Waals surface area contributed by atoms with Crippen LogP contribution in [0.3, 0.4) is 0 Å². The van der Waals surface area contributed by atoms with Crippen LogP contribution in [0.25, 0.3) is 0 Å². The predicted molar refractivity (Wildman–Crippen MR) is 148 cm³/mol. The molecule has 3 aromatic rings. The highest BCUT2D eigenvalue weighted by Gasteiger charge is 2.26. The van der Waals surface area contributed by atoms with Crippen LogP contribution in [0.2, 0.25) is 0 Å². The van der Waals surface area contributed by atoms with E-state index < -0.39 is 0 Å². The van der Waals surface area contributed by atoms with Crippen LogP contribution in [0.15, 0.2) is 60.7 Å². The number of fused-ring (bicyclic) bond motifs is 1. The van der Waals surface area contributed by atoms with E-state index in [0.717, 1.165) is 37.3 Å². The Morgan fingerprint density at radius 3 is 2.51 bits per heavy atom. The fraction of sp³-hybridized carbons (Fsp3) is 0.419. The zero-order valence-electron chi connectivity index (χ0n) is 22.2. The van der Waals surface area contributed by atoms with E-state index in [4.69, 9.17) is 9.47 Å². The molecule has 0 fully saturated rings. The molecule has 5 nitrogen and oxygen atoms in total. The topological polar surface area (TPSA) is 54.0 Å². The van der Waals surface area contributed by atoms with Crippen molar-refractivity contribution in [2.75, 3.05) is 38.4 Å². The van der Waals surface area contributed by atoms with Crippen LogP contribution in [0, 0.1) is 0 Å². The summed E-state index contributed by atoms with van der Waals surface area (Å²) in [4.78, 5) is 2.45. The van der Waals surface area contributed by atoms with Gasteiger partial charge in [-0.15, -0.1) is 0 Å². The summed E-state index contributed by atoms with van der Waals surface area (Å²) in [6.45, 7) is 6.35. The first-order valence-corrected chi connectivity index (χ1v) is 13.2. The third kappa shape index (κ3) is 6.95. The Labute approximate surface area is 220 Å². The van der Waals surface area contributed by atoms with Gasteiger partial charge in [0.25, 0.3) is 0 Å². The van der Waals surface area contributed by atoms with Gasteiger partial charge >= 0.3 is 0 Å². The molecule has 1 atom stereocenters. The van der Waals surface area contributed by atoms with Crippen molar-refractivity contribution >= 4 is 5.69 Å². The second-order valence-corrected chi connectivity index (χ2v) is 9.97. The maximum Gasteiger partial charge on any atom is 0.120 e. The normalized spacial score (nSPS) is 14.9. The molecule has 0 radical (unpaired) electrons. The third-order valence-electron chi connectivity index (χ3n) is 7.12. The van der Waals surface area contributed by atoms with Gasteiger partial charge in [-0.25, -0.2) is 4.39 Å². The van der Waals surface area contributed by atoms with Crippen LogP contribution < -0.4 is 19.7 Å². The third-order valence-corrected chi connectivity index (χ3v) is 7.12. The zero-order chi connectivity index (χ0) is 26.2. The molecular formula is C31H39FN2O3. The monoisotopic (exact) mass is 506 g/mol. The molecule has 0 bridgehead atoms. The van der Waals surface area contributed by atoms with E-state index in [1.54, 1.807) is 13.2 Å². The van der Waals surface area contributed by atoms with Crippen molar-refractivity contribution in [3.8, 4) is 17.2 Å². The summed E-state index contributed by atoms with van der Waals surface area (Å²) in [6.07, 6.45) is 2.98. The Kier molecular flexibility index (Phi) is 9.29. The van der Waals surface area contributed by atoms with E-state index in [1.807, 2.05) is 18.2 Å². The molecule has 1 unspecified atom stereocenters. The number of hydrogen-bond acceptors (Lipinski definition) is 5. The average Bonchev–Trinajstić information content (AvgIpc) is 2.91. The number of aryl methyl sites for hydroxylation is 1. The van der Waals surface area contributed by atoms with Gasteiger partial charge in [-0.2, -0.15) is 0 Å². The van der Waals surface area contributed by atoms with Gasteiger partial charge in [0.05, 0.1) is 7.11 Å². The SMILES string of the molecule is COc1ccc(C2CCc3cc(O)ccc3C2)c(N(Cc2ccc(OCCNCCF)cc2)C(C)C)c1. The molecule has 2 N–H and O–H groups in total. The molecule has 6 heteroatoms. The lowest BCUT2D eigenvalue weighted by Crippen LogP contribution is -2.31. The largest absolute Gasteiger partial charge is 0.508 e. The second kappa shape index (κ2) is 12.8. The molecule has 0 heterocycles. The van der Waals surface area contributed by atoms with Gasteiger partial charge in [-0.3, -0.25) is 0 Å². The number of nitrogens with zero attached hydrogens (tertiary/aromatic N) is 1. The molecule has 0 aliphatic heterocycles. The highest BCUT2D eigenvalue weighted by atomic mass is 19.1. The van der Waals surface area contributed by atoms with Gasteiger partial charge in [-0.05, 0) is 91.6 Å². The number of halogens is 1. The Bertz CT molecular complexity index is 1150. The highest BCUT2D eigenvalue weighted by molar-refractivity contribution is 5.60. The van der Waals surface area contributed by atoms with E-state index in [2.05, 4.69) is 60.5 Å². The number of benzene rings is 3. The lowest BCUT2D eigenvalue weighted by Gasteiger charge is -2.35. The van der Waals surface area contributed by atoms with Crippen LogP contribution >= 0.6 is 0 Å². The van der Waals surface area contributed by atoms with E-state index in [0.29, 0.717) is 31.4 Å². The fourth-order valence-corrected chi connectivity index (χ4v) is 5.12. The molecule has 0 spiro atoms. The summed E-state index contributed by atoms with van der Waals surface area (Å²) in [5, 5.41) is 12.9. The summed E-state index contributed by atoms with van der Waals surface area (Å²) in [6, 6.07) is 20.8. The van der Waals surface area contributed by atoms with Crippen LogP contribution in [0.5, 0.6) is 17.2 Å². The van der Waals surface area contributed by atoms with Crippen molar-refractivity contribution in [3.05, 3.63) is 82.9 Å².